The fourth-order valence-electron chi connectivity index (χ4n) is 2.54. The van der Waals surface area contributed by atoms with Gasteiger partial charge in [0.1, 0.15) is 0 Å². The average molecular weight is 260 g/mol. The molecule has 1 saturated heterocycles. The maximum Gasteiger partial charge on any atom is 0.236 e. The number of carbonyl (C=O) groups is 1. The highest BCUT2D eigenvalue weighted by Crippen LogP contribution is 2.08. The van der Waals surface area contributed by atoms with E-state index < -0.39 is 0 Å². The summed E-state index contributed by atoms with van der Waals surface area (Å²) in [6.07, 6.45) is 4.56. The van der Waals surface area contributed by atoms with Crippen LogP contribution in [0.1, 0.15) is 24.8 Å². The van der Waals surface area contributed by atoms with Crippen molar-refractivity contribution in [1.82, 2.24) is 9.80 Å². The van der Waals surface area contributed by atoms with Crippen molar-refractivity contribution in [3.05, 3.63) is 35.9 Å². The van der Waals surface area contributed by atoms with Gasteiger partial charge in [0.2, 0.25) is 5.91 Å². The second-order valence-corrected chi connectivity index (χ2v) is 5.39. The van der Waals surface area contributed by atoms with Crippen LogP contribution in [-0.2, 0) is 11.2 Å². The molecule has 0 aliphatic carbocycles. The van der Waals surface area contributed by atoms with E-state index in [9.17, 15) is 4.79 Å². The van der Waals surface area contributed by atoms with Gasteiger partial charge < -0.3 is 4.90 Å². The first-order valence-corrected chi connectivity index (χ1v) is 7.26. The van der Waals surface area contributed by atoms with Crippen molar-refractivity contribution >= 4 is 5.91 Å². The van der Waals surface area contributed by atoms with Gasteiger partial charge in [-0.25, -0.2) is 0 Å². The summed E-state index contributed by atoms with van der Waals surface area (Å²) in [6, 6.07) is 10.5. The van der Waals surface area contributed by atoms with E-state index in [1.807, 2.05) is 18.0 Å². The molecule has 0 N–H and O–H groups in total. The van der Waals surface area contributed by atoms with Crippen molar-refractivity contribution in [2.75, 3.05) is 33.2 Å². The van der Waals surface area contributed by atoms with E-state index in [2.05, 4.69) is 29.2 Å². The van der Waals surface area contributed by atoms with Gasteiger partial charge in [0.25, 0.3) is 0 Å². The molecule has 0 unspecified atom stereocenters. The Morgan fingerprint density at radius 3 is 2.58 bits per heavy atom. The average Bonchev–Trinajstić information content (AvgIpc) is 2.92. The number of carbonyl (C=O) groups excluding carboxylic acids is 1. The van der Waals surface area contributed by atoms with Crippen LogP contribution in [0, 0.1) is 0 Å². The molecule has 0 spiro atoms. The fourth-order valence-corrected chi connectivity index (χ4v) is 2.54. The van der Waals surface area contributed by atoms with E-state index in [1.165, 1.54) is 18.4 Å². The molecule has 19 heavy (non-hydrogen) atoms. The van der Waals surface area contributed by atoms with Crippen LogP contribution >= 0.6 is 0 Å². The third-order valence-corrected chi connectivity index (χ3v) is 3.79. The van der Waals surface area contributed by atoms with Gasteiger partial charge in [0, 0.05) is 13.6 Å². The lowest BCUT2D eigenvalue weighted by molar-refractivity contribution is -0.130. The maximum atomic E-state index is 12.0. The summed E-state index contributed by atoms with van der Waals surface area (Å²) in [4.78, 5) is 16.2. The molecule has 3 nitrogen and oxygen atoms in total. The van der Waals surface area contributed by atoms with Crippen molar-refractivity contribution in [2.45, 2.75) is 25.7 Å². The molecule has 1 heterocycles. The molecule has 1 aromatic carbocycles. The van der Waals surface area contributed by atoms with Crippen LogP contribution < -0.4 is 0 Å². The smallest absolute Gasteiger partial charge is 0.236 e. The maximum absolute atomic E-state index is 12.0. The van der Waals surface area contributed by atoms with Crippen LogP contribution in [-0.4, -0.2) is 48.9 Å². The highest BCUT2D eigenvalue weighted by atomic mass is 16.2. The van der Waals surface area contributed by atoms with E-state index in [0.29, 0.717) is 6.54 Å². The Labute approximate surface area is 116 Å². The van der Waals surface area contributed by atoms with Gasteiger partial charge in [0.05, 0.1) is 6.54 Å². The zero-order valence-electron chi connectivity index (χ0n) is 11.8. The number of hydrogen-bond acceptors (Lipinski definition) is 2. The highest BCUT2D eigenvalue weighted by molar-refractivity contribution is 5.78. The lowest BCUT2D eigenvalue weighted by Gasteiger charge is -2.21. The molecule has 1 fully saturated rings. The first-order valence-electron chi connectivity index (χ1n) is 7.26. The lowest BCUT2D eigenvalue weighted by atomic mass is 10.1. The van der Waals surface area contributed by atoms with Crippen molar-refractivity contribution in [3.8, 4) is 0 Å². The van der Waals surface area contributed by atoms with Crippen LogP contribution in [0.2, 0.25) is 0 Å². The Hall–Kier alpha value is -1.35. The third-order valence-electron chi connectivity index (χ3n) is 3.79. The van der Waals surface area contributed by atoms with E-state index in [4.69, 9.17) is 0 Å². The number of likely N-dealkylation sites (tertiary alicyclic amines) is 1. The van der Waals surface area contributed by atoms with Crippen LogP contribution in [0.3, 0.4) is 0 Å². The summed E-state index contributed by atoms with van der Waals surface area (Å²) in [5, 5.41) is 0. The summed E-state index contributed by atoms with van der Waals surface area (Å²) < 4.78 is 0. The van der Waals surface area contributed by atoms with Crippen molar-refractivity contribution in [2.24, 2.45) is 0 Å². The number of aryl methyl sites for hydroxylation is 1. The second-order valence-electron chi connectivity index (χ2n) is 5.39. The van der Waals surface area contributed by atoms with Crippen molar-refractivity contribution in [1.29, 1.82) is 0 Å². The van der Waals surface area contributed by atoms with Crippen LogP contribution in [0.25, 0.3) is 0 Å². The molecule has 2 rings (SSSR count). The molecule has 0 bridgehead atoms. The molecular formula is C16H24N2O. The quantitative estimate of drug-likeness (QED) is 0.782. The minimum atomic E-state index is 0.259. The van der Waals surface area contributed by atoms with E-state index in [-0.39, 0.29) is 5.91 Å². The van der Waals surface area contributed by atoms with Gasteiger partial charge in [0.15, 0.2) is 0 Å². The number of likely N-dealkylation sites (N-methyl/N-ethyl adjacent to an activating group) is 1. The van der Waals surface area contributed by atoms with Gasteiger partial charge in [-0.15, -0.1) is 0 Å². The number of benzene rings is 1. The molecule has 1 aliphatic heterocycles. The fraction of sp³-hybridized carbons (Fsp3) is 0.562. The Kier molecular flexibility index (Phi) is 5.40. The zero-order valence-corrected chi connectivity index (χ0v) is 11.8. The molecule has 0 aromatic heterocycles. The van der Waals surface area contributed by atoms with Gasteiger partial charge in [-0.1, -0.05) is 30.3 Å². The van der Waals surface area contributed by atoms with Gasteiger partial charge in [-0.2, -0.15) is 0 Å². The predicted octanol–water partition coefficient (Wildman–Crippen LogP) is 2.17. The lowest BCUT2D eigenvalue weighted by Crippen LogP contribution is -2.37. The SMILES string of the molecule is CN(CCCc1ccccc1)C(=O)CN1CCCC1. The summed E-state index contributed by atoms with van der Waals surface area (Å²) in [5.74, 6) is 0.259. The molecular weight excluding hydrogens is 236 g/mol. The molecule has 1 aromatic rings. The minimum Gasteiger partial charge on any atom is -0.345 e. The minimum absolute atomic E-state index is 0.259. The van der Waals surface area contributed by atoms with Crippen molar-refractivity contribution < 1.29 is 4.79 Å². The summed E-state index contributed by atoms with van der Waals surface area (Å²) in [6.45, 7) is 3.62. The van der Waals surface area contributed by atoms with Crippen LogP contribution in [0.15, 0.2) is 30.3 Å². The van der Waals surface area contributed by atoms with Gasteiger partial charge in [-0.05, 0) is 44.3 Å². The Morgan fingerprint density at radius 2 is 1.89 bits per heavy atom. The first kappa shape index (κ1) is 14.1. The largest absolute Gasteiger partial charge is 0.345 e. The number of amides is 1. The monoisotopic (exact) mass is 260 g/mol. The molecule has 104 valence electrons. The predicted molar refractivity (Wildman–Crippen MR) is 78.1 cm³/mol. The third kappa shape index (κ3) is 4.67. The molecule has 0 radical (unpaired) electrons. The van der Waals surface area contributed by atoms with E-state index >= 15 is 0 Å². The van der Waals surface area contributed by atoms with Crippen molar-refractivity contribution in [3.63, 3.8) is 0 Å². The molecule has 0 saturated carbocycles. The van der Waals surface area contributed by atoms with Gasteiger partial charge >= 0.3 is 0 Å². The van der Waals surface area contributed by atoms with Crippen LogP contribution in [0.5, 0.6) is 0 Å². The Morgan fingerprint density at radius 1 is 1.21 bits per heavy atom. The Bertz CT molecular complexity index is 385. The summed E-state index contributed by atoms with van der Waals surface area (Å²) in [7, 11) is 1.92. The summed E-state index contributed by atoms with van der Waals surface area (Å²) in [5.41, 5.74) is 1.35. The normalized spacial score (nSPS) is 15.6. The molecule has 1 amide bonds. The first-order chi connectivity index (χ1) is 9.25. The summed E-state index contributed by atoms with van der Waals surface area (Å²) >= 11 is 0. The molecule has 0 atom stereocenters. The standard InChI is InChI=1S/C16H24N2O/c1-17(16(19)14-18-12-5-6-13-18)11-7-10-15-8-3-2-4-9-15/h2-4,8-9H,5-7,10-14H2,1H3. The number of nitrogens with zero attached hydrogens (tertiary/aromatic N) is 2. The van der Waals surface area contributed by atoms with E-state index in [0.717, 1.165) is 32.5 Å². The number of rotatable bonds is 6. The van der Waals surface area contributed by atoms with Crippen LogP contribution in [0.4, 0.5) is 0 Å². The molecule has 1 aliphatic rings. The molecule has 3 heteroatoms. The second kappa shape index (κ2) is 7.29. The van der Waals surface area contributed by atoms with Gasteiger partial charge in [-0.3, -0.25) is 9.69 Å². The topological polar surface area (TPSA) is 23.6 Å². The Balaban J connectivity index is 1.65. The zero-order chi connectivity index (χ0) is 13.5. The highest BCUT2D eigenvalue weighted by Gasteiger charge is 2.17. The number of hydrogen-bond donors (Lipinski definition) is 0. The van der Waals surface area contributed by atoms with E-state index in [1.54, 1.807) is 0 Å².